The highest BCUT2D eigenvalue weighted by Gasteiger charge is 2.18. The van der Waals surface area contributed by atoms with Crippen molar-refractivity contribution in [2.75, 3.05) is 20.2 Å². The van der Waals surface area contributed by atoms with Crippen molar-refractivity contribution in [3.63, 3.8) is 0 Å². The molecule has 196 valence electrons. The quantitative estimate of drug-likeness (QED) is 0.152. The van der Waals surface area contributed by atoms with Gasteiger partial charge in [0.15, 0.2) is 0 Å². The van der Waals surface area contributed by atoms with Gasteiger partial charge in [0.05, 0.1) is 13.6 Å². The number of allylic oxidation sites excluding steroid dienone is 1. The Morgan fingerprint density at radius 1 is 1.00 bits per heavy atom. The van der Waals surface area contributed by atoms with Crippen LogP contribution in [0.15, 0.2) is 85.1 Å². The zero-order chi connectivity index (χ0) is 27.1. The summed E-state index contributed by atoms with van der Waals surface area (Å²) in [6, 6.07) is 25.7. The summed E-state index contributed by atoms with van der Waals surface area (Å²) in [5.41, 5.74) is 6.38. The fourth-order valence-electron chi connectivity index (χ4n) is 4.45. The van der Waals surface area contributed by atoms with Gasteiger partial charge in [0.1, 0.15) is 30.0 Å². The van der Waals surface area contributed by atoms with Gasteiger partial charge in [0, 0.05) is 6.54 Å². The number of likely N-dealkylation sites (N-methyl/N-ethyl adjacent to an activating group) is 1. The predicted molar refractivity (Wildman–Crippen MR) is 149 cm³/mol. The number of hydrogen-bond donors (Lipinski definition) is 1. The van der Waals surface area contributed by atoms with Crippen LogP contribution in [0.25, 0.3) is 11.1 Å². The molecule has 0 amide bonds. The van der Waals surface area contributed by atoms with Gasteiger partial charge in [-0.2, -0.15) is 0 Å². The molecule has 4 rings (SSSR count). The highest BCUT2D eigenvalue weighted by molar-refractivity contribution is 5.98. The third-order valence-corrected chi connectivity index (χ3v) is 6.47. The number of nitro groups is 1. The first-order valence-electron chi connectivity index (χ1n) is 12.5. The van der Waals surface area contributed by atoms with E-state index in [-0.39, 0.29) is 11.7 Å². The van der Waals surface area contributed by atoms with Crippen molar-refractivity contribution in [3.05, 3.63) is 118 Å². The summed E-state index contributed by atoms with van der Waals surface area (Å²) in [4.78, 5) is 16.4. The van der Waals surface area contributed by atoms with E-state index in [0.717, 1.165) is 34.6 Å². The van der Waals surface area contributed by atoms with Gasteiger partial charge in [-0.1, -0.05) is 66.5 Å². The number of phenols is 1. The van der Waals surface area contributed by atoms with Gasteiger partial charge in [-0.3, -0.25) is 4.90 Å². The highest BCUT2D eigenvalue weighted by Crippen LogP contribution is 2.35. The first-order chi connectivity index (χ1) is 18.4. The average molecular weight is 513 g/mol. The molecule has 0 aliphatic rings. The second-order valence-corrected chi connectivity index (χ2v) is 9.10. The van der Waals surface area contributed by atoms with Crippen LogP contribution in [0.2, 0.25) is 0 Å². The number of hydrogen-bond acceptors (Lipinski definition) is 6. The fraction of sp³-hybridized carbons (Fsp3) is 0.233. The second kappa shape index (κ2) is 12.2. The lowest BCUT2D eigenvalue weighted by molar-refractivity contribution is -0.396. The van der Waals surface area contributed by atoms with Crippen LogP contribution in [0.5, 0.6) is 11.5 Å². The summed E-state index contributed by atoms with van der Waals surface area (Å²) in [7, 11) is 3.59. The van der Waals surface area contributed by atoms with Crippen LogP contribution in [0.3, 0.4) is 0 Å². The molecule has 0 fully saturated rings. The van der Waals surface area contributed by atoms with Crippen molar-refractivity contribution < 1.29 is 14.8 Å². The van der Waals surface area contributed by atoms with E-state index in [1.54, 1.807) is 19.2 Å². The molecule has 0 radical (unpaired) electrons. The maximum Gasteiger partial charge on any atom is 0.434 e. The largest absolute Gasteiger partial charge is 0.508 e. The van der Waals surface area contributed by atoms with E-state index < -0.39 is 4.92 Å². The Kier molecular flexibility index (Phi) is 8.55. The minimum atomic E-state index is -0.484. The molecule has 38 heavy (non-hydrogen) atoms. The number of phenolic OH excluding ortho intramolecular Hbond substituents is 1. The van der Waals surface area contributed by atoms with E-state index in [1.165, 1.54) is 21.9 Å². The van der Waals surface area contributed by atoms with Crippen molar-refractivity contribution in [2.45, 2.75) is 19.9 Å². The number of rotatable bonds is 11. The van der Waals surface area contributed by atoms with Gasteiger partial charge < -0.3 is 20.0 Å². The summed E-state index contributed by atoms with van der Waals surface area (Å²) < 4.78 is 7.49. The molecular formula is C30H32N4O4. The number of aromatic hydroxyl groups is 1. The van der Waals surface area contributed by atoms with Gasteiger partial charge in [0.25, 0.3) is 0 Å². The van der Waals surface area contributed by atoms with Gasteiger partial charge in [0.2, 0.25) is 0 Å². The van der Waals surface area contributed by atoms with Crippen LogP contribution in [0.4, 0.5) is 5.95 Å². The van der Waals surface area contributed by atoms with E-state index in [2.05, 4.69) is 36.2 Å². The lowest BCUT2D eigenvalue weighted by Crippen LogP contribution is -2.25. The maximum atomic E-state index is 11.0. The smallest absolute Gasteiger partial charge is 0.434 e. The van der Waals surface area contributed by atoms with Crippen molar-refractivity contribution in [3.8, 4) is 11.5 Å². The van der Waals surface area contributed by atoms with Crippen LogP contribution in [-0.4, -0.2) is 44.7 Å². The molecule has 0 saturated carbocycles. The predicted octanol–water partition coefficient (Wildman–Crippen LogP) is 5.91. The molecule has 3 aromatic carbocycles. The zero-order valence-electron chi connectivity index (χ0n) is 21.9. The molecule has 8 nitrogen and oxygen atoms in total. The number of benzene rings is 3. The molecule has 0 spiro atoms. The third-order valence-electron chi connectivity index (χ3n) is 6.47. The van der Waals surface area contributed by atoms with Crippen molar-refractivity contribution >= 4 is 17.1 Å². The van der Waals surface area contributed by atoms with Crippen molar-refractivity contribution in [2.24, 2.45) is 7.05 Å². The minimum absolute atomic E-state index is 0.163. The molecular weight excluding hydrogens is 480 g/mol. The maximum absolute atomic E-state index is 11.0. The molecule has 0 bridgehead atoms. The minimum Gasteiger partial charge on any atom is -0.508 e. The zero-order valence-corrected chi connectivity index (χ0v) is 21.9. The molecule has 4 aromatic rings. The fourth-order valence-corrected chi connectivity index (χ4v) is 4.45. The van der Waals surface area contributed by atoms with E-state index in [9.17, 15) is 15.2 Å². The monoisotopic (exact) mass is 512 g/mol. The normalized spacial score (nSPS) is 11.9. The molecule has 8 heteroatoms. The third kappa shape index (κ3) is 6.27. The molecule has 1 N–H and O–H groups in total. The summed E-state index contributed by atoms with van der Waals surface area (Å²) in [5.74, 6) is 0.839. The Labute approximate surface area is 222 Å². The Morgan fingerprint density at radius 2 is 1.63 bits per heavy atom. The van der Waals surface area contributed by atoms with E-state index in [0.29, 0.717) is 19.7 Å². The molecule has 0 aliphatic heterocycles. The number of imidazole rings is 1. The van der Waals surface area contributed by atoms with Crippen LogP contribution in [-0.2, 0) is 13.6 Å². The molecule has 0 saturated heterocycles. The Morgan fingerprint density at radius 3 is 2.21 bits per heavy atom. The number of nitrogens with zero attached hydrogens (tertiary/aromatic N) is 4. The van der Waals surface area contributed by atoms with Crippen LogP contribution >= 0.6 is 0 Å². The van der Waals surface area contributed by atoms with Gasteiger partial charge in [-0.05, 0) is 70.5 Å². The van der Waals surface area contributed by atoms with Gasteiger partial charge in [-0.25, -0.2) is 4.57 Å². The second-order valence-electron chi connectivity index (χ2n) is 9.10. The van der Waals surface area contributed by atoms with Crippen LogP contribution in [0, 0.1) is 10.1 Å². The molecule has 0 atom stereocenters. The van der Waals surface area contributed by atoms with Gasteiger partial charge in [-0.15, -0.1) is 0 Å². The summed E-state index contributed by atoms with van der Waals surface area (Å²) in [5, 5.41) is 20.8. The Balaban J connectivity index is 1.47. The summed E-state index contributed by atoms with van der Waals surface area (Å²) in [6.45, 7) is 3.80. The lowest BCUT2D eigenvalue weighted by atomic mass is 9.88. The number of aromatic nitrogens is 2. The molecule has 1 heterocycles. The van der Waals surface area contributed by atoms with E-state index in [1.807, 2.05) is 54.4 Å². The average Bonchev–Trinajstić information content (AvgIpc) is 3.29. The Bertz CT molecular complexity index is 1390. The SMILES string of the molecule is CC/C(=C(\c1ccc(O)cc1)c1ccc(OCCN(C)Cc2cnc([N+](=O)[O-])n2C)cc1)c1ccccc1. The van der Waals surface area contributed by atoms with E-state index >= 15 is 0 Å². The first-order valence-corrected chi connectivity index (χ1v) is 12.5. The van der Waals surface area contributed by atoms with Crippen LogP contribution < -0.4 is 4.74 Å². The lowest BCUT2D eigenvalue weighted by Gasteiger charge is -2.18. The van der Waals surface area contributed by atoms with E-state index in [4.69, 9.17) is 4.74 Å². The standard InChI is InChI=1S/C30H32N4O4/c1-4-28(22-8-6-5-7-9-22)29(23-10-14-26(35)15-11-23)24-12-16-27(17-13-24)38-19-18-32(2)21-25-20-31-30(33(25)3)34(36)37/h5-17,20,35H,4,18-19,21H2,1-3H3/b29-28-. The first kappa shape index (κ1) is 26.6. The van der Waals surface area contributed by atoms with Crippen molar-refractivity contribution in [1.82, 2.24) is 14.5 Å². The highest BCUT2D eigenvalue weighted by atomic mass is 16.6. The Hall–Kier alpha value is -4.43. The van der Waals surface area contributed by atoms with Crippen LogP contribution in [0.1, 0.15) is 35.7 Å². The number of ether oxygens (including phenoxy) is 1. The topological polar surface area (TPSA) is 93.7 Å². The van der Waals surface area contributed by atoms with Crippen molar-refractivity contribution in [1.29, 1.82) is 0 Å². The summed E-state index contributed by atoms with van der Waals surface area (Å²) in [6.07, 6.45) is 2.39. The van der Waals surface area contributed by atoms with Gasteiger partial charge >= 0.3 is 5.95 Å². The molecule has 0 aliphatic carbocycles. The molecule has 1 aromatic heterocycles. The summed E-state index contributed by atoms with van der Waals surface area (Å²) >= 11 is 0. The molecule has 0 unspecified atom stereocenters.